The molecule has 0 radical (unpaired) electrons. The second-order valence-corrected chi connectivity index (χ2v) is 6.10. The summed E-state index contributed by atoms with van der Waals surface area (Å²) in [7, 11) is 1.75. The summed E-state index contributed by atoms with van der Waals surface area (Å²) >= 11 is 0. The van der Waals surface area contributed by atoms with Crippen molar-refractivity contribution in [3.63, 3.8) is 0 Å². The van der Waals surface area contributed by atoms with Crippen LogP contribution >= 0.6 is 0 Å². The third-order valence-corrected chi connectivity index (χ3v) is 4.40. The van der Waals surface area contributed by atoms with Gasteiger partial charge in [-0.1, -0.05) is 6.42 Å². The molecule has 1 heterocycles. The molecule has 6 heteroatoms. The molecule has 1 atom stereocenters. The van der Waals surface area contributed by atoms with Crippen molar-refractivity contribution in [1.29, 1.82) is 0 Å². The number of ether oxygens (including phenoxy) is 1. The van der Waals surface area contributed by atoms with E-state index in [-0.39, 0.29) is 24.0 Å². The highest BCUT2D eigenvalue weighted by atomic mass is 16.5. The molecule has 2 fully saturated rings. The van der Waals surface area contributed by atoms with Crippen molar-refractivity contribution in [2.45, 2.75) is 44.6 Å². The monoisotopic (exact) mass is 284 g/mol. The molecule has 2 rings (SSSR count). The molecule has 1 aliphatic carbocycles. The van der Waals surface area contributed by atoms with E-state index in [0.717, 1.165) is 38.7 Å². The van der Waals surface area contributed by atoms with Crippen LogP contribution in [-0.2, 0) is 9.53 Å². The average Bonchev–Trinajstić information content (AvgIpc) is 2.84. The largest absolute Gasteiger partial charge is 0.481 e. The van der Waals surface area contributed by atoms with Gasteiger partial charge in [-0.15, -0.1) is 0 Å². The van der Waals surface area contributed by atoms with Crippen molar-refractivity contribution in [3.05, 3.63) is 0 Å². The molecule has 1 aliphatic heterocycles. The van der Waals surface area contributed by atoms with E-state index in [2.05, 4.69) is 5.32 Å². The van der Waals surface area contributed by atoms with Gasteiger partial charge in [-0.25, -0.2) is 4.79 Å². The summed E-state index contributed by atoms with van der Waals surface area (Å²) in [4.78, 5) is 24.5. The van der Waals surface area contributed by atoms with Crippen LogP contribution in [0, 0.1) is 5.41 Å². The fraction of sp³-hybridized carbons (Fsp3) is 0.857. The number of aliphatic carboxylic acids is 1. The van der Waals surface area contributed by atoms with Crippen LogP contribution in [-0.4, -0.2) is 54.9 Å². The lowest BCUT2D eigenvalue weighted by Gasteiger charge is -2.41. The first kappa shape index (κ1) is 15.1. The Labute approximate surface area is 119 Å². The minimum atomic E-state index is -0.786. The van der Waals surface area contributed by atoms with Crippen LogP contribution in [0.5, 0.6) is 0 Å². The minimum absolute atomic E-state index is 0.141. The predicted octanol–water partition coefficient (Wildman–Crippen LogP) is 1.45. The van der Waals surface area contributed by atoms with Crippen molar-refractivity contribution in [2.75, 3.05) is 26.7 Å². The van der Waals surface area contributed by atoms with Crippen LogP contribution in [0.2, 0.25) is 0 Å². The smallest absolute Gasteiger partial charge is 0.317 e. The minimum Gasteiger partial charge on any atom is -0.481 e. The topological polar surface area (TPSA) is 78.9 Å². The number of carboxylic acids is 1. The third kappa shape index (κ3) is 3.85. The van der Waals surface area contributed by atoms with E-state index in [4.69, 9.17) is 9.84 Å². The molecule has 1 saturated carbocycles. The molecule has 0 bridgehead atoms. The summed E-state index contributed by atoms with van der Waals surface area (Å²) in [5.41, 5.74) is -0.230. The van der Waals surface area contributed by atoms with Crippen LogP contribution in [0.3, 0.4) is 0 Å². The molecule has 2 amide bonds. The van der Waals surface area contributed by atoms with Gasteiger partial charge in [0.25, 0.3) is 0 Å². The van der Waals surface area contributed by atoms with Gasteiger partial charge < -0.3 is 20.1 Å². The molecule has 2 N–H and O–H groups in total. The van der Waals surface area contributed by atoms with Gasteiger partial charge in [0.15, 0.2) is 0 Å². The molecule has 0 aromatic rings. The molecule has 0 aromatic carbocycles. The van der Waals surface area contributed by atoms with Crippen LogP contribution in [0.25, 0.3) is 0 Å². The normalized spacial score (nSPS) is 23.9. The zero-order valence-electron chi connectivity index (χ0n) is 12.1. The number of carbonyl (C=O) groups excluding carboxylic acids is 1. The van der Waals surface area contributed by atoms with Crippen molar-refractivity contribution < 1.29 is 19.4 Å². The second-order valence-electron chi connectivity index (χ2n) is 6.10. The van der Waals surface area contributed by atoms with Crippen LogP contribution in [0.15, 0.2) is 0 Å². The van der Waals surface area contributed by atoms with E-state index >= 15 is 0 Å². The van der Waals surface area contributed by atoms with Crippen LogP contribution in [0.1, 0.15) is 38.5 Å². The van der Waals surface area contributed by atoms with E-state index in [1.807, 2.05) is 0 Å². The van der Waals surface area contributed by atoms with E-state index in [0.29, 0.717) is 13.1 Å². The Hall–Kier alpha value is -1.30. The Morgan fingerprint density at radius 3 is 2.65 bits per heavy atom. The number of nitrogens with zero attached hydrogens (tertiary/aromatic N) is 1. The summed E-state index contributed by atoms with van der Waals surface area (Å²) in [6.45, 7) is 1.83. The zero-order valence-corrected chi connectivity index (χ0v) is 12.1. The Morgan fingerprint density at radius 2 is 2.15 bits per heavy atom. The average molecular weight is 284 g/mol. The lowest BCUT2D eigenvalue weighted by atomic mass is 9.66. The van der Waals surface area contributed by atoms with Gasteiger partial charge in [-0.05, 0) is 31.1 Å². The van der Waals surface area contributed by atoms with Gasteiger partial charge in [0.2, 0.25) is 0 Å². The number of nitrogens with one attached hydrogen (secondary N) is 1. The van der Waals surface area contributed by atoms with Crippen molar-refractivity contribution in [1.82, 2.24) is 10.2 Å². The maximum Gasteiger partial charge on any atom is 0.317 e. The van der Waals surface area contributed by atoms with Crippen molar-refractivity contribution in [2.24, 2.45) is 5.41 Å². The van der Waals surface area contributed by atoms with E-state index < -0.39 is 5.97 Å². The Balaban J connectivity index is 1.74. The number of urea groups is 1. The number of carbonyl (C=O) groups is 2. The summed E-state index contributed by atoms with van der Waals surface area (Å²) in [6, 6.07) is -0.142. The molecule has 0 spiro atoms. The fourth-order valence-corrected chi connectivity index (χ4v) is 2.99. The SMILES string of the molecule is CN(CC1CCCO1)C(=O)NCC1(CC(=O)O)CCC1. The number of amides is 2. The molecular weight excluding hydrogens is 260 g/mol. The van der Waals surface area contributed by atoms with Crippen molar-refractivity contribution in [3.8, 4) is 0 Å². The maximum absolute atomic E-state index is 12.0. The summed E-state index contributed by atoms with van der Waals surface area (Å²) in [5, 5.41) is 11.8. The molecule has 1 unspecified atom stereocenters. The standard InChI is InChI=1S/C14H24N2O4/c1-16(9-11-4-2-7-20-11)13(19)15-10-14(5-3-6-14)8-12(17)18/h11H,2-10H2,1H3,(H,15,19)(H,17,18). The molecule has 0 aromatic heterocycles. The lowest BCUT2D eigenvalue weighted by molar-refractivity contribution is -0.141. The quantitative estimate of drug-likeness (QED) is 0.774. The van der Waals surface area contributed by atoms with Gasteiger partial charge in [0.05, 0.1) is 12.5 Å². The van der Waals surface area contributed by atoms with Gasteiger partial charge in [-0.2, -0.15) is 0 Å². The molecule has 20 heavy (non-hydrogen) atoms. The highest BCUT2D eigenvalue weighted by Gasteiger charge is 2.39. The van der Waals surface area contributed by atoms with E-state index in [1.165, 1.54) is 0 Å². The van der Waals surface area contributed by atoms with Gasteiger partial charge >= 0.3 is 12.0 Å². The highest BCUT2D eigenvalue weighted by molar-refractivity contribution is 5.74. The van der Waals surface area contributed by atoms with E-state index in [1.54, 1.807) is 11.9 Å². The van der Waals surface area contributed by atoms with Crippen LogP contribution < -0.4 is 5.32 Å². The van der Waals surface area contributed by atoms with Crippen molar-refractivity contribution >= 4 is 12.0 Å². The number of hydrogen-bond donors (Lipinski definition) is 2. The molecule has 2 aliphatic rings. The third-order valence-electron chi connectivity index (χ3n) is 4.40. The number of rotatable bonds is 6. The predicted molar refractivity (Wildman–Crippen MR) is 73.5 cm³/mol. The number of carboxylic acid groups (broad SMARTS) is 1. The number of hydrogen-bond acceptors (Lipinski definition) is 3. The van der Waals surface area contributed by atoms with E-state index in [9.17, 15) is 9.59 Å². The van der Waals surface area contributed by atoms with Gasteiger partial charge in [-0.3, -0.25) is 4.79 Å². The molecule has 6 nitrogen and oxygen atoms in total. The van der Waals surface area contributed by atoms with Gasteiger partial charge in [0, 0.05) is 26.7 Å². The second kappa shape index (κ2) is 6.43. The highest BCUT2D eigenvalue weighted by Crippen LogP contribution is 2.43. The molecular formula is C14H24N2O4. The summed E-state index contributed by atoms with van der Waals surface area (Å²) in [5.74, 6) is -0.786. The van der Waals surface area contributed by atoms with Crippen LogP contribution in [0.4, 0.5) is 4.79 Å². The maximum atomic E-state index is 12.0. The fourth-order valence-electron chi connectivity index (χ4n) is 2.99. The Morgan fingerprint density at radius 1 is 1.40 bits per heavy atom. The number of likely N-dealkylation sites (N-methyl/N-ethyl adjacent to an activating group) is 1. The first-order valence-electron chi connectivity index (χ1n) is 7.33. The lowest BCUT2D eigenvalue weighted by Crippen LogP contribution is -2.48. The zero-order chi connectivity index (χ0) is 14.6. The molecule has 1 saturated heterocycles. The Bertz CT molecular complexity index is 362. The molecule has 114 valence electrons. The summed E-state index contributed by atoms with van der Waals surface area (Å²) in [6.07, 6.45) is 5.16. The van der Waals surface area contributed by atoms with Gasteiger partial charge in [0.1, 0.15) is 0 Å². The Kier molecular flexibility index (Phi) is 4.86. The first-order valence-corrected chi connectivity index (χ1v) is 7.33. The first-order chi connectivity index (χ1) is 9.51. The summed E-state index contributed by atoms with van der Waals surface area (Å²) < 4.78 is 5.50.